The fraction of sp³-hybridized carbons (Fsp3) is 0.318. The van der Waals surface area contributed by atoms with Crippen LogP contribution in [-0.4, -0.2) is 46.7 Å². The molecule has 2 saturated heterocycles. The van der Waals surface area contributed by atoms with Crippen LogP contribution in [0.15, 0.2) is 54.7 Å². The molecule has 1 aromatic heterocycles. The van der Waals surface area contributed by atoms with E-state index in [0.717, 1.165) is 28.6 Å². The first kappa shape index (κ1) is 17.7. The number of H-pyrrole nitrogens is 1. The van der Waals surface area contributed by atoms with Gasteiger partial charge in [0.15, 0.2) is 0 Å². The van der Waals surface area contributed by atoms with Crippen LogP contribution in [0.2, 0.25) is 0 Å². The molecule has 3 aromatic rings. The summed E-state index contributed by atoms with van der Waals surface area (Å²) in [6.07, 6.45) is 2.83. The first-order valence-corrected chi connectivity index (χ1v) is 9.85. The number of benzene rings is 2. The van der Waals surface area contributed by atoms with Crippen molar-refractivity contribution in [3.05, 3.63) is 60.3 Å². The molecule has 1 unspecified atom stereocenters. The zero-order valence-electron chi connectivity index (χ0n) is 16.0. The van der Waals surface area contributed by atoms with Crippen molar-refractivity contribution >= 4 is 28.6 Å². The van der Waals surface area contributed by atoms with Crippen molar-refractivity contribution in [2.45, 2.75) is 19.4 Å². The Morgan fingerprint density at radius 2 is 1.97 bits per heavy atom. The highest BCUT2D eigenvalue weighted by Gasteiger charge is 2.52. The molecule has 1 spiro atoms. The van der Waals surface area contributed by atoms with Crippen LogP contribution in [0.3, 0.4) is 0 Å². The molecule has 0 saturated carbocycles. The van der Waals surface area contributed by atoms with Crippen molar-refractivity contribution in [2.75, 3.05) is 24.5 Å². The molecule has 0 aliphatic carbocycles. The zero-order valence-corrected chi connectivity index (χ0v) is 16.0. The van der Waals surface area contributed by atoms with Crippen molar-refractivity contribution in [1.29, 1.82) is 0 Å². The number of carbonyl (C=O) groups excluding carboxylic acids is 2. The Labute approximate surface area is 168 Å². The molecule has 1 N–H and O–H groups in total. The van der Waals surface area contributed by atoms with Crippen molar-refractivity contribution in [3.63, 3.8) is 0 Å². The van der Waals surface area contributed by atoms with Gasteiger partial charge in [-0.1, -0.05) is 30.3 Å². The molecule has 2 aromatic carbocycles. The van der Waals surface area contributed by atoms with Crippen LogP contribution in [0.1, 0.15) is 18.4 Å². The Kier molecular flexibility index (Phi) is 4.23. The van der Waals surface area contributed by atoms with E-state index in [4.69, 9.17) is 4.74 Å². The Morgan fingerprint density at radius 1 is 1.14 bits per heavy atom. The summed E-state index contributed by atoms with van der Waals surface area (Å²) in [6, 6.07) is 15.5. The monoisotopic (exact) mass is 390 g/mol. The van der Waals surface area contributed by atoms with E-state index in [1.807, 2.05) is 53.4 Å². The summed E-state index contributed by atoms with van der Waals surface area (Å²) in [5.41, 5.74) is 2.28. The number of amides is 2. The van der Waals surface area contributed by atoms with Gasteiger partial charge in [-0.15, -0.1) is 0 Å². The lowest BCUT2D eigenvalue weighted by Crippen LogP contribution is -2.38. The Hall–Kier alpha value is -3.35. The van der Waals surface area contributed by atoms with Crippen LogP contribution in [0.25, 0.3) is 10.9 Å². The molecule has 0 radical (unpaired) electrons. The third kappa shape index (κ3) is 3.12. The van der Waals surface area contributed by atoms with Gasteiger partial charge in [-0.3, -0.25) is 9.89 Å². The third-order valence-electron chi connectivity index (χ3n) is 6.07. The van der Waals surface area contributed by atoms with Crippen LogP contribution >= 0.6 is 0 Å². The van der Waals surface area contributed by atoms with E-state index in [0.29, 0.717) is 26.1 Å². The highest BCUT2D eigenvalue weighted by Crippen LogP contribution is 2.42. The molecule has 2 fully saturated rings. The maximum Gasteiger partial charge on any atom is 0.410 e. The number of nitrogens with one attached hydrogen (secondary N) is 1. The molecule has 148 valence electrons. The molecule has 2 aliphatic heterocycles. The third-order valence-corrected chi connectivity index (χ3v) is 6.07. The van der Waals surface area contributed by atoms with Gasteiger partial charge in [-0.05, 0) is 36.6 Å². The SMILES string of the molecule is O=C(OCc1ccccc1)N1CCC2(CCN(c3ccc4[nH]ncc4c3)C2=O)C1. The van der Waals surface area contributed by atoms with E-state index in [1.54, 1.807) is 11.1 Å². The van der Waals surface area contributed by atoms with Crippen LogP contribution in [0, 0.1) is 5.41 Å². The number of carbonyl (C=O) groups is 2. The lowest BCUT2D eigenvalue weighted by molar-refractivity contribution is -0.124. The molecule has 29 heavy (non-hydrogen) atoms. The Bertz CT molecular complexity index is 1060. The minimum absolute atomic E-state index is 0.0960. The summed E-state index contributed by atoms with van der Waals surface area (Å²) in [6.45, 7) is 1.88. The first-order valence-electron chi connectivity index (χ1n) is 9.85. The summed E-state index contributed by atoms with van der Waals surface area (Å²) in [5.74, 6) is 0.0960. The van der Waals surface area contributed by atoms with Gasteiger partial charge < -0.3 is 14.5 Å². The smallest absolute Gasteiger partial charge is 0.410 e. The van der Waals surface area contributed by atoms with Gasteiger partial charge in [0.25, 0.3) is 0 Å². The normalized spacial score (nSPS) is 21.4. The molecular weight excluding hydrogens is 368 g/mol. The summed E-state index contributed by atoms with van der Waals surface area (Å²) in [5, 5.41) is 7.95. The number of likely N-dealkylation sites (tertiary alicyclic amines) is 1. The highest BCUT2D eigenvalue weighted by molar-refractivity contribution is 6.02. The quantitative estimate of drug-likeness (QED) is 0.744. The second-order valence-corrected chi connectivity index (χ2v) is 7.84. The van der Waals surface area contributed by atoms with Gasteiger partial charge in [-0.25, -0.2) is 4.79 Å². The molecule has 7 nitrogen and oxygen atoms in total. The number of rotatable bonds is 3. The number of ether oxygens (including phenoxy) is 1. The molecule has 0 bridgehead atoms. The standard InChI is InChI=1S/C22H22N4O3/c27-20-22(9-11-26(20)18-6-7-19-17(12-18)13-23-24-19)8-10-25(15-22)21(28)29-14-16-4-2-1-3-5-16/h1-7,12-13H,8-11,14-15H2,(H,23,24). The van der Waals surface area contributed by atoms with Crippen molar-refractivity contribution in [3.8, 4) is 0 Å². The van der Waals surface area contributed by atoms with Crippen LogP contribution in [0.5, 0.6) is 0 Å². The minimum Gasteiger partial charge on any atom is -0.445 e. The van der Waals surface area contributed by atoms with E-state index in [-0.39, 0.29) is 18.6 Å². The number of nitrogens with zero attached hydrogens (tertiary/aromatic N) is 3. The van der Waals surface area contributed by atoms with E-state index >= 15 is 0 Å². The summed E-state index contributed by atoms with van der Waals surface area (Å²) in [4.78, 5) is 29.3. The number of aromatic nitrogens is 2. The van der Waals surface area contributed by atoms with Crippen molar-refractivity contribution in [2.24, 2.45) is 5.41 Å². The molecule has 2 aliphatic rings. The Morgan fingerprint density at radius 3 is 2.83 bits per heavy atom. The molecule has 3 heterocycles. The van der Waals surface area contributed by atoms with Gasteiger partial charge in [0, 0.05) is 30.7 Å². The highest BCUT2D eigenvalue weighted by atomic mass is 16.6. The van der Waals surface area contributed by atoms with Crippen molar-refractivity contribution in [1.82, 2.24) is 15.1 Å². The van der Waals surface area contributed by atoms with E-state index in [1.165, 1.54) is 0 Å². The average Bonchev–Trinajstić information content (AvgIpc) is 3.47. The van der Waals surface area contributed by atoms with Gasteiger partial charge in [0.2, 0.25) is 5.91 Å². The number of hydrogen-bond donors (Lipinski definition) is 1. The van der Waals surface area contributed by atoms with E-state index < -0.39 is 5.41 Å². The average molecular weight is 390 g/mol. The van der Waals surface area contributed by atoms with Crippen molar-refractivity contribution < 1.29 is 14.3 Å². The van der Waals surface area contributed by atoms with Gasteiger partial charge >= 0.3 is 6.09 Å². The fourth-order valence-corrected chi connectivity index (χ4v) is 4.38. The van der Waals surface area contributed by atoms with Crippen LogP contribution in [-0.2, 0) is 16.1 Å². The summed E-state index contributed by atoms with van der Waals surface area (Å²) in [7, 11) is 0. The molecule has 5 rings (SSSR count). The van der Waals surface area contributed by atoms with Gasteiger partial charge in [-0.2, -0.15) is 5.10 Å². The zero-order chi connectivity index (χ0) is 19.8. The molecule has 2 amide bonds. The predicted molar refractivity (Wildman–Crippen MR) is 108 cm³/mol. The fourth-order valence-electron chi connectivity index (χ4n) is 4.38. The van der Waals surface area contributed by atoms with Crippen LogP contribution < -0.4 is 4.90 Å². The topological polar surface area (TPSA) is 78.5 Å². The molecule has 7 heteroatoms. The minimum atomic E-state index is -0.503. The molecular formula is C22H22N4O3. The second kappa shape index (κ2) is 6.92. The van der Waals surface area contributed by atoms with Crippen LogP contribution in [0.4, 0.5) is 10.5 Å². The van der Waals surface area contributed by atoms with Gasteiger partial charge in [0.1, 0.15) is 6.61 Å². The van der Waals surface area contributed by atoms with Gasteiger partial charge in [0.05, 0.1) is 17.1 Å². The maximum absolute atomic E-state index is 13.3. The number of aromatic amines is 1. The van der Waals surface area contributed by atoms with E-state index in [2.05, 4.69) is 10.2 Å². The lowest BCUT2D eigenvalue weighted by atomic mass is 9.85. The summed E-state index contributed by atoms with van der Waals surface area (Å²) < 4.78 is 5.45. The number of hydrogen-bond acceptors (Lipinski definition) is 4. The largest absolute Gasteiger partial charge is 0.445 e. The van der Waals surface area contributed by atoms with E-state index in [9.17, 15) is 9.59 Å². The second-order valence-electron chi connectivity index (χ2n) is 7.84. The maximum atomic E-state index is 13.3. The molecule has 1 atom stereocenters. The predicted octanol–water partition coefficient (Wildman–Crippen LogP) is 3.33. The number of anilines is 1. The summed E-state index contributed by atoms with van der Waals surface area (Å²) >= 11 is 0. The Balaban J connectivity index is 1.26. The number of fused-ring (bicyclic) bond motifs is 1. The lowest BCUT2D eigenvalue weighted by Gasteiger charge is -2.23. The first-order chi connectivity index (χ1) is 14.1.